The summed E-state index contributed by atoms with van der Waals surface area (Å²) in [5.41, 5.74) is 0. The Morgan fingerprint density at radius 2 is 1.38 bits per heavy atom. The fourth-order valence-corrected chi connectivity index (χ4v) is 1.44. The molecule has 1 aliphatic rings. The second-order valence-electron chi connectivity index (χ2n) is 0.641. The van der Waals surface area contributed by atoms with E-state index in [-0.39, 0.29) is 32.7 Å². The van der Waals surface area contributed by atoms with Crippen molar-refractivity contribution >= 4 is 23.5 Å². The van der Waals surface area contributed by atoms with Crippen LogP contribution in [0.1, 0.15) is 0 Å². The smallest absolute Gasteiger partial charge is 0 e. The molecule has 4 N–H and O–H groups in total. The minimum absolute atomic E-state index is 0. The van der Waals surface area contributed by atoms with Gasteiger partial charge in [0.1, 0.15) is 0 Å². The van der Waals surface area contributed by atoms with Crippen LogP contribution < -0.4 is 0 Å². The first-order valence-corrected chi connectivity index (χ1v) is 3.16. The molecule has 0 saturated carbocycles. The number of thioether (sulfide) groups is 2. The Labute approximate surface area is 72.1 Å². The van der Waals surface area contributed by atoms with Gasteiger partial charge in [0.25, 0.3) is 0 Å². The monoisotopic (exact) mass is 322 g/mol. The SMILES string of the molecule is C1=CS[CH-]S1.[NH2-].[NH2-].[Re]. The van der Waals surface area contributed by atoms with Crippen molar-refractivity contribution in [2.24, 2.45) is 0 Å². The van der Waals surface area contributed by atoms with E-state index in [2.05, 4.69) is 15.9 Å². The van der Waals surface area contributed by atoms with Gasteiger partial charge in [0.15, 0.2) is 0 Å². The first kappa shape index (κ1) is 16.0. The molecule has 0 aromatic carbocycles. The van der Waals surface area contributed by atoms with Gasteiger partial charge in [-0.05, 0) is 0 Å². The van der Waals surface area contributed by atoms with Crippen LogP contribution in [-0.2, 0) is 20.4 Å². The third kappa shape index (κ3) is 7.02. The minimum Gasteiger partial charge on any atom is -0.693 e. The standard InChI is InChI=1S/C3H3S2.2H2N.Re/c1-2-5-3-4-1;;;/h1-3H;2*1H2;/q3*-1;. The van der Waals surface area contributed by atoms with Gasteiger partial charge < -0.3 is 35.8 Å². The Morgan fingerprint density at radius 1 is 1.00 bits per heavy atom. The van der Waals surface area contributed by atoms with Crippen LogP contribution in [-0.4, -0.2) is 0 Å². The molecule has 0 bridgehead atoms. The molecule has 1 aliphatic heterocycles. The summed E-state index contributed by atoms with van der Waals surface area (Å²) >= 11 is 3.46. The summed E-state index contributed by atoms with van der Waals surface area (Å²) in [5, 5.41) is 6.20. The molecule has 0 aliphatic carbocycles. The van der Waals surface area contributed by atoms with Crippen molar-refractivity contribution in [2.75, 3.05) is 0 Å². The maximum atomic E-state index is 2.08. The zero-order chi connectivity index (χ0) is 3.54. The molecule has 5 heteroatoms. The van der Waals surface area contributed by atoms with E-state index >= 15 is 0 Å². The Morgan fingerprint density at radius 3 is 1.50 bits per heavy atom. The fraction of sp³-hybridized carbons (Fsp3) is 0. The van der Waals surface area contributed by atoms with Crippen LogP contribution in [0.15, 0.2) is 10.8 Å². The van der Waals surface area contributed by atoms with Crippen LogP contribution in [0, 0.1) is 5.08 Å². The van der Waals surface area contributed by atoms with E-state index in [1.54, 1.807) is 23.5 Å². The second-order valence-corrected chi connectivity index (χ2v) is 2.50. The largest absolute Gasteiger partial charge is 0.693 e. The third-order valence-electron chi connectivity index (χ3n) is 0.324. The van der Waals surface area contributed by atoms with E-state index in [0.29, 0.717) is 0 Å². The number of rotatable bonds is 0. The van der Waals surface area contributed by atoms with Crippen LogP contribution in [0.4, 0.5) is 0 Å². The van der Waals surface area contributed by atoms with Gasteiger partial charge in [-0.1, -0.05) is 10.8 Å². The predicted octanol–water partition coefficient (Wildman–Crippen LogP) is 3.49. The van der Waals surface area contributed by atoms with Crippen molar-refractivity contribution in [1.82, 2.24) is 0 Å². The molecular formula is C3H7N2ReS2-3. The molecule has 1 radical (unpaired) electrons. The molecule has 0 unspecified atom stereocenters. The molecule has 0 fully saturated rings. The van der Waals surface area contributed by atoms with Crippen LogP contribution in [0.3, 0.4) is 0 Å². The predicted molar refractivity (Wildman–Crippen MR) is 39.2 cm³/mol. The van der Waals surface area contributed by atoms with E-state index < -0.39 is 0 Å². The molecule has 0 spiro atoms. The van der Waals surface area contributed by atoms with Crippen LogP contribution >= 0.6 is 23.5 Å². The summed E-state index contributed by atoms with van der Waals surface area (Å²) in [6.45, 7) is 0. The Bertz CT molecular complexity index is 53.2. The normalized spacial score (nSPS) is 13.0. The average Bonchev–Trinajstić information content (AvgIpc) is 1.76. The zero-order valence-electron chi connectivity index (χ0n) is 4.08. The fourth-order valence-electron chi connectivity index (χ4n) is 0.160. The first-order valence-electron chi connectivity index (χ1n) is 1.28. The van der Waals surface area contributed by atoms with Gasteiger partial charge in [0, 0.05) is 20.4 Å². The summed E-state index contributed by atoms with van der Waals surface area (Å²) in [7, 11) is 0. The Balaban J connectivity index is -0.0000000833. The average molecular weight is 321 g/mol. The molecule has 0 atom stereocenters. The van der Waals surface area contributed by atoms with E-state index in [9.17, 15) is 0 Å². The van der Waals surface area contributed by atoms with Crippen molar-refractivity contribution in [1.29, 1.82) is 0 Å². The summed E-state index contributed by atoms with van der Waals surface area (Å²) in [6.07, 6.45) is 0. The molecule has 0 saturated heterocycles. The van der Waals surface area contributed by atoms with E-state index in [4.69, 9.17) is 0 Å². The van der Waals surface area contributed by atoms with Gasteiger partial charge in [0.2, 0.25) is 0 Å². The Kier molecular flexibility index (Phi) is 21.8. The number of hydrogen-bond donors (Lipinski definition) is 0. The maximum Gasteiger partial charge on any atom is 0 e. The molecule has 0 aromatic heterocycles. The number of nitrogens with two attached hydrogens (primary N) is 2. The van der Waals surface area contributed by atoms with Gasteiger partial charge in [-0.25, -0.2) is 5.08 Å². The molecule has 0 amide bonds. The van der Waals surface area contributed by atoms with Crippen molar-refractivity contribution in [3.05, 3.63) is 28.2 Å². The quantitative estimate of drug-likeness (QED) is 0.641. The van der Waals surface area contributed by atoms with Gasteiger partial charge in [-0.15, -0.1) is 0 Å². The third-order valence-corrected chi connectivity index (χ3v) is 1.97. The Hall–Kier alpha value is 1.02. The summed E-state index contributed by atoms with van der Waals surface area (Å²) in [5.74, 6) is 0. The minimum atomic E-state index is 0. The van der Waals surface area contributed by atoms with Crippen molar-refractivity contribution in [2.45, 2.75) is 0 Å². The van der Waals surface area contributed by atoms with Gasteiger partial charge in [0.05, 0.1) is 0 Å². The van der Waals surface area contributed by atoms with Crippen LogP contribution in [0.2, 0.25) is 0 Å². The van der Waals surface area contributed by atoms with Crippen molar-refractivity contribution in [3.63, 3.8) is 0 Å². The molecule has 1 rings (SSSR count). The molecule has 51 valence electrons. The summed E-state index contributed by atoms with van der Waals surface area (Å²) in [4.78, 5) is 0. The maximum absolute atomic E-state index is 2.08. The first-order chi connectivity index (χ1) is 2.50. The van der Waals surface area contributed by atoms with E-state index in [1.165, 1.54) is 0 Å². The van der Waals surface area contributed by atoms with E-state index in [0.717, 1.165) is 0 Å². The molecular weight excluding hydrogens is 314 g/mol. The topological polar surface area (TPSA) is 67.0 Å². The van der Waals surface area contributed by atoms with E-state index in [1.807, 2.05) is 0 Å². The van der Waals surface area contributed by atoms with Gasteiger partial charge in [-0.3, -0.25) is 0 Å². The summed E-state index contributed by atoms with van der Waals surface area (Å²) in [6, 6.07) is 0. The van der Waals surface area contributed by atoms with Gasteiger partial charge in [-0.2, -0.15) is 0 Å². The molecule has 8 heavy (non-hydrogen) atoms. The van der Waals surface area contributed by atoms with Gasteiger partial charge >= 0.3 is 0 Å². The van der Waals surface area contributed by atoms with Crippen molar-refractivity contribution in [3.8, 4) is 0 Å². The second kappa shape index (κ2) is 10.9. The van der Waals surface area contributed by atoms with Crippen LogP contribution in [0.25, 0.3) is 12.3 Å². The molecule has 1 heterocycles. The zero-order valence-corrected chi connectivity index (χ0v) is 8.43. The number of hydrogen-bond acceptors (Lipinski definition) is 2. The van der Waals surface area contributed by atoms with Crippen LogP contribution in [0.5, 0.6) is 0 Å². The molecule has 0 aromatic rings. The van der Waals surface area contributed by atoms with Crippen molar-refractivity contribution < 1.29 is 20.4 Å². The molecule has 2 nitrogen and oxygen atoms in total. The summed E-state index contributed by atoms with van der Waals surface area (Å²) < 4.78 is 0.